The molecule has 0 aliphatic rings. The average molecular weight is 317 g/mol. The fourth-order valence-electron chi connectivity index (χ4n) is 2.34. The van der Waals surface area contributed by atoms with Crippen molar-refractivity contribution in [3.63, 3.8) is 0 Å². The molecule has 0 amide bonds. The third-order valence-electron chi connectivity index (χ3n) is 3.63. The Bertz CT molecular complexity index is 718. The highest BCUT2D eigenvalue weighted by Crippen LogP contribution is 2.26. The van der Waals surface area contributed by atoms with Gasteiger partial charge in [0, 0.05) is 30.4 Å². The molecule has 7 heteroatoms. The van der Waals surface area contributed by atoms with Gasteiger partial charge in [-0.2, -0.15) is 0 Å². The van der Waals surface area contributed by atoms with Crippen LogP contribution in [0.3, 0.4) is 0 Å². The number of pyridine rings is 1. The van der Waals surface area contributed by atoms with Gasteiger partial charge < -0.3 is 21.1 Å². The summed E-state index contributed by atoms with van der Waals surface area (Å²) in [5.74, 6) is -1.21. The van der Waals surface area contributed by atoms with Crippen molar-refractivity contribution in [3.8, 4) is 11.5 Å². The SMILES string of the molecule is Cc1ncc(CNC(C(=O)O)c2ccccc2O)c(CN)c1O. The quantitative estimate of drug-likeness (QED) is 0.541. The number of carbonyl (C=O) groups is 1. The molecule has 1 heterocycles. The third kappa shape index (κ3) is 3.58. The van der Waals surface area contributed by atoms with Crippen molar-refractivity contribution < 1.29 is 20.1 Å². The lowest BCUT2D eigenvalue weighted by molar-refractivity contribution is -0.139. The number of carboxylic acids is 1. The molecule has 0 saturated carbocycles. The average Bonchev–Trinajstić information content (AvgIpc) is 2.52. The van der Waals surface area contributed by atoms with Crippen LogP contribution in [0.15, 0.2) is 30.5 Å². The molecule has 1 atom stereocenters. The molecule has 0 bridgehead atoms. The number of phenolic OH excluding ortho intramolecular Hbond substituents is 1. The number of hydrogen-bond donors (Lipinski definition) is 5. The van der Waals surface area contributed by atoms with E-state index in [-0.39, 0.29) is 30.2 Å². The van der Waals surface area contributed by atoms with Gasteiger partial charge in [-0.1, -0.05) is 18.2 Å². The lowest BCUT2D eigenvalue weighted by Gasteiger charge is -2.18. The number of aliphatic carboxylic acids is 1. The van der Waals surface area contributed by atoms with E-state index in [9.17, 15) is 20.1 Å². The normalized spacial score (nSPS) is 12.1. The van der Waals surface area contributed by atoms with Crippen LogP contribution in [0.2, 0.25) is 0 Å². The molecule has 6 N–H and O–H groups in total. The van der Waals surface area contributed by atoms with Crippen molar-refractivity contribution in [1.29, 1.82) is 0 Å². The summed E-state index contributed by atoms with van der Waals surface area (Å²) in [6.07, 6.45) is 1.55. The molecule has 0 radical (unpaired) electrons. The maximum Gasteiger partial charge on any atom is 0.325 e. The number of nitrogens with one attached hydrogen (secondary N) is 1. The van der Waals surface area contributed by atoms with Crippen LogP contribution >= 0.6 is 0 Å². The smallest absolute Gasteiger partial charge is 0.325 e. The molecule has 1 aromatic heterocycles. The lowest BCUT2D eigenvalue weighted by atomic mass is 10.0. The molecule has 0 aliphatic carbocycles. The Labute approximate surface area is 133 Å². The Morgan fingerprint density at radius 2 is 2.04 bits per heavy atom. The second-order valence-corrected chi connectivity index (χ2v) is 5.11. The minimum absolute atomic E-state index is 0.0150. The number of rotatable bonds is 6. The van der Waals surface area contributed by atoms with Gasteiger partial charge in [0.2, 0.25) is 0 Å². The van der Waals surface area contributed by atoms with Crippen molar-refractivity contribution in [2.45, 2.75) is 26.1 Å². The highest BCUT2D eigenvalue weighted by atomic mass is 16.4. The van der Waals surface area contributed by atoms with Crippen LogP contribution in [0, 0.1) is 6.92 Å². The number of aryl methyl sites for hydroxylation is 1. The van der Waals surface area contributed by atoms with E-state index in [4.69, 9.17) is 5.73 Å². The number of aromatic nitrogens is 1. The maximum atomic E-state index is 11.5. The molecule has 23 heavy (non-hydrogen) atoms. The van der Waals surface area contributed by atoms with Gasteiger partial charge in [-0.3, -0.25) is 15.1 Å². The van der Waals surface area contributed by atoms with Crippen LogP contribution in [0.4, 0.5) is 0 Å². The Morgan fingerprint density at radius 1 is 1.35 bits per heavy atom. The summed E-state index contributed by atoms with van der Waals surface area (Å²) in [5, 5.41) is 32.1. The molecule has 0 saturated heterocycles. The first kappa shape index (κ1) is 16.7. The Kier molecular flexibility index (Phi) is 5.15. The molecule has 2 rings (SSSR count). The van der Waals surface area contributed by atoms with Gasteiger partial charge in [-0.25, -0.2) is 0 Å². The molecular weight excluding hydrogens is 298 g/mol. The van der Waals surface area contributed by atoms with Crippen molar-refractivity contribution in [2.75, 3.05) is 0 Å². The minimum Gasteiger partial charge on any atom is -0.508 e. The summed E-state index contributed by atoms with van der Waals surface area (Å²) in [4.78, 5) is 15.5. The van der Waals surface area contributed by atoms with Crippen LogP contribution in [0.5, 0.6) is 11.5 Å². The fraction of sp³-hybridized carbons (Fsp3) is 0.250. The van der Waals surface area contributed by atoms with Gasteiger partial charge >= 0.3 is 5.97 Å². The first-order chi connectivity index (χ1) is 11.0. The summed E-state index contributed by atoms with van der Waals surface area (Å²) in [6.45, 7) is 1.91. The number of nitrogens with two attached hydrogens (primary N) is 1. The number of benzene rings is 1. The van der Waals surface area contributed by atoms with Gasteiger partial charge in [0.1, 0.15) is 17.5 Å². The van der Waals surface area contributed by atoms with Gasteiger partial charge in [0.15, 0.2) is 0 Å². The minimum atomic E-state index is -1.12. The highest BCUT2D eigenvalue weighted by Gasteiger charge is 2.22. The van der Waals surface area contributed by atoms with Crippen LogP contribution in [0.25, 0.3) is 0 Å². The van der Waals surface area contributed by atoms with E-state index >= 15 is 0 Å². The van der Waals surface area contributed by atoms with Gasteiger partial charge in [-0.15, -0.1) is 0 Å². The largest absolute Gasteiger partial charge is 0.508 e. The molecule has 1 aromatic carbocycles. The molecular formula is C16H19N3O4. The zero-order chi connectivity index (χ0) is 17.0. The number of para-hydroxylation sites is 1. The monoisotopic (exact) mass is 317 g/mol. The van der Waals surface area contributed by atoms with Crippen molar-refractivity contribution in [1.82, 2.24) is 10.3 Å². The zero-order valence-corrected chi connectivity index (χ0v) is 12.7. The second kappa shape index (κ2) is 7.08. The standard InChI is InChI=1S/C16H19N3O4/c1-9-15(21)12(6-17)10(7-18-9)8-19-14(16(22)23)11-4-2-3-5-13(11)20/h2-5,7,14,19-21H,6,8,17H2,1H3,(H,22,23). The Hall–Kier alpha value is -2.64. The number of nitrogens with zero attached hydrogens (tertiary/aromatic N) is 1. The first-order valence-corrected chi connectivity index (χ1v) is 7.06. The highest BCUT2D eigenvalue weighted by molar-refractivity contribution is 5.76. The summed E-state index contributed by atoms with van der Waals surface area (Å²) in [5.41, 5.74) is 7.50. The van der Waals surface area contributed by atoms with Crippen LogP contribution in [-0.2, 0) is 17.9 Å². The predicted octanol–water partition coefficient (Wildman–Crippen LogP) is 1.18. The van der Waals surface area contributed by atoms with Crippen molar-refractivity contribution >= 4 is 5.97 Å². The third-order valence-corrected chi connectivity index (χ3v) is 3.63. The van der Waals surface area contributed by atoms with Crippen LogP contribution < -0.4 is 11.1 Å². The number of carboxylic acid groups (broad SMARTS) is 1. The van der Waals surface area contributed by atoms with E-state index < -0.39 is 12.0 Å². The van der Waals surface area contributed by atoms with E-state index in [2.05, 4.69) is 10.3 Å². The summed E-state index contributed by atoms with van der Waals surface area (Å²) >= 11 is 0. The van der Waals surface area contributed by atoms with Gasteiger partial charge in [-0.05, 0) is 18.6 Å². The van der Waals surface area contributed by atoms with Crippen molar-refractivity contribution in [2.24, 2.45) is 5.73 Å². The van der Waals surface area contributed by atoms with Crippen molar-refractivity contribution in [3.05, 3.63) is 52.8 Å². The first-order valence-electron chi connectivity index (χ1n) is 7.06. The summed E-state index contributed by atoms with van der Waals surface area (Å²) in [6, 6.07) is 5.14. The number of phenols is 1. The molecule has 7 nitrogen and oxygen atoms in total. The maximum absolute atomic E-state index is 11.5. The summed E-state index contributed by atoms with van der Waals surface area (Å²) < 4.78 is 0. The van der Waals surface area contributed by atoms with Crippen LogP contribution in [0.1, 0.15) is 28.4 Å². The van der Waals surface area contributed by atoms with Gasteiger partial charge in [0.05, 0.1) is 5.69 Å². The molecule has 0 aliphatic heterocycles. The number of aromatic hydroxyl groups is 2. The van der Waals surface area contributed by atoms with E-state index in [1.807, 2.05) is 0 Å². The summed E-state index contributed by atoms with van der Waals surface area (Å²) in [7, 11) is 0. The topological polar surface area (TPSA) is 129 Å². The molecule has 0 spiro atoms. The Morgan fingerprint density at radius 3 is 2.65 bits per heavy atom. The lowest BCUT2D eigenvalue weighted by Crippen LogP contribution is -2.28. The molecule has 0 fully saturated rings. The van der Waals surface area contributed by atoms with Gasteiger partial charge in [0.25, 0.3) is 0 Å². The van der Waals surface area contributed by atoms with E-state index in [1.54, 1.807) is 25.3 Å². The molecule has 1 unspecified atom stereocenters. The van der Waals surface area contributed by atoms with E-state index in [0.29, 0.717) is 16.8 Å². The molecule has 122 valence electrons. The predicted molar refractivity (Wildman–Crippen MR) is 83.9 cm³/mol. The van der Waals surface area contributed by atoms with Crippen LogP contribution in [-0.4, -0.2) is 26.3 Å². The fourth-order valence-corrected chi connectivity index (χ4v) is 2.34. The number of hydrogen-bond acceptors (Lipinski definition) is 6. The van der Waals surface area contributed by atoms with E-state index in [1.165, 1.54) is 12.1 Å². The Balaban J connectivity index is 2.26. The second-order valence-electron chi connectivity index (χ2n) is 5.11. The van der Waals surface area contributed by atoms with E-state index in [0.717, 1.165) is 0 Å². The molecule has 2 aromatic rings. The zero-order valence-electron chi connectivity index (χ0n) is 12.7.